The molecule has 0 aliphatic rings. The molecule has 0 aromatic carbocycles. The van der Waals surface area contributed by atoms with Gasteiger partial charge in [-0.15, -0.1) is 0 Å². The third-order valence-corrected chi connectivity index (χ3v) is 11.4. The Balaban J connectivity index is -0.000000607. The Bertz CT molecular complexity index is 848. The van der Waals surface area contributed by atoms with Gasteiger partial charge in [-0.25, -0.2) is 24.2 Å². The fraction of sp³-hybridized carbons (Fsp3) is 0.720. The highest BCUT2D eigenvalue weighted by molar-refractivity contribution is 6.66. The van der Waals surface area contributed by atoms with Crippen LogP contribution in [-0.2, 0) is 46.4 Å². The number of nitrogens with one attached hydrogen (secondary N) is 2. The zero-order valence-electron chi connectivity index (χ0n) is 26.3. The molecule has 0 rings (SSSR count). The number of ether oxygens (including phenoxy) is 2. The van der Waals surface area contributed by atoms with Gasteiger partial charge in [0.1, 0.15) is 13.2 Å². The first-order chi connectivity index (χ1) is 19.7. The van der Waals surface area contributed by atoms with Gasteiger partial charge in [0.15, 0.2) is 0 Å². The van der Waals surface area contributed by atoms with E-state index in [1.165, 1.54) is 6.08 Å². The van der Waals surface area contributed by atoms with Crippen LogP contribution in [-0.4, -0.2) is 115 Å². The number of urea groups is 1. The minimum atomic E-state index is -2.06. The summed E-state index contributed by atoms with van der Waals surface area (Å²) in [6.45, 7) is 11.8. The van der Waals surface area contributed by atoms with E-state index in [2.05, 4.69) is 26.9 Å². The molecule has 2 amide bonds. The monoisotopic (exact) mass is 638 g/mol. The lowest BCUT2D eigenvalue weighted by Crippen LogP contribution is -2.40. The third-order valence-electron chi connectivity index (χ3n) is 5.41. The van der Waals surface area contributed by atoms with Crippen molar-refractivity contribution in [3.8, 4) is 0 Å². The first kappa shape index (κ1) is 43.7. The molecule has 42 heavy (non-hydrogen) atoms. The number of hydrogen-bond donors (Lipinski definition) is 3. The molecule has 0 saturated carbocycles. The lowest BCUT2D eigenvalue weighted by molar-refractivity contribution is -0.152. The summed E-state index contributed by atoms with van der Waals surface area (Å²) < 4.78 is 30.4. The van der Waals surface area contributed by atoms with Crippen molar-refractivity contribution in [2.75, 3.05) is 67.8 Å². The van der Waals surface area contributed by atoms with Gasteiger partial charge in [-0.3, -0.25) is 4.79 Å². The van der Waals surface area contributed by atoms with Crippen LogP contribution in [0, 0.1) is 0 Å². The van der Waals surface area contributed by atoms with Crippen LogP contribution in [0.25, 0.3) is 0 Å². The van der Waals surface area contributed by atoms with Crippen LogP contribution in [0.5, 0.6) is 0 Å². The summed E-state index contributed by atoms with van der Waals surface area (Å²) in [6, 6.07) is 1.49. The van der Waals surface area contributed by atoms with Crippen molar-refractivity contribution >= 4 is 47.0 Å². The number of hydrogen-bond acceptors (Lipinski definition) is 13. The van der Waals surface area contributed by atoms with Crippen molar-refractivity contribution in [3.05, 3.63) is 12.2 Å². The summed E-state index contributed by atoms with van der Waals surface area (Å²) in [7, 11) is 2.82. The van der Waals surface area contributed by atoms with Crippen molar-refractivity contribution in [2.24, 2.45) is 10.7 Å². The maximum atomic E-state index is 11.5. The highest BCUT2D eigenvalue weighted by Gasteiger charge is 2.28. The van der Waals surface area contributed by atoms with Crippen LogP contribution in [0.1, 0.15) is 26.7 Å². The summed E-state index contributed by atoms with van der Waals surface area (Å²) in [5.41, 5.74) is 5.69. The maximum absolute atomic E-state index is 11.5. The SMILES string of the molecule is C=C(C)C(=O)OCCNC(=O)NCCC[Si](C)(OC)OC.CC(=O)C(=O)OCCN=C=O.CO[Si](C)(CCCN)OC. The molecule has 0 aliphatic heterocycles. The summed E-state index contributed by atoms with van der Waals surface area (Å²) >= 11 is 0. The molecule has 17 heteroatoms. The Labute approximate surface area is 251 Å². The molecule has 0 heterocycles. The number of nitrogens with zero attached hydrogens (tertiary/aromatic N) is 1. The number of esters is 2. The van der Waals surface area contributed by atoms with E-state index in [-0.39, 0.29) is 32.3 Å². The number of rotatable bonds is 19. The average Bonchev–Trinajstić information content (AvgIpc) is 2.98. The number of aliphatic imine (C=N–C) groups is 1. The average molecular weight is 639 g/mol. The van der Waals surface area contributed by atoms with Crippen molar-refractivity contribution in [3.63, 3.8) is 0 Å². The van der Waals surface area contributed by atoms with E-state index in [1.807, 2.05) is 13.1 Å². The summed E-state index contributed by atoms with van der Waals surface area (Å²) in [4.78, 5) is 55.7. The molecular formula is C25H50N4O11Si2. The molecule has 0 saturated heterocycles. The molecule has 0 radical (unpaired) electrons. The van der Waals surface area contributed by atoms with Crippen molar-refractivity contribution < 1.29 is 51.2 Å². The van der Waals surface area contributed by atoms with Crippen molar-refractivity contribution in [1.29, 1.82) is 0 Å². The number of Topliss-reactive ketones (excluding diaryl/α,β-unsaturated/α-hetero) is 1. The van der Waals surface area contributed by atoms with E-state index in [0.29, 0.717) is 12.1 Å². The molecular weight excluding hydrogens is 588 g/mol. The number of nitrogens with two attached hydrogens (primary N) is 1. The standard InChI is InChI=1S/C13H26N2O5Si.C6H7NO4.C6H17NO2Si/c1-11(2)12(16)20-9-8-15-13(17)14-7-6-10-21(5,18-3)19-4;1-5(9)6(10)11-3-2-7-4-8;1-8-10(3,9-2)6-4-5-7/h1,6-10H2,2-5H3,(H2,14,15,17);2-3H2,1H3;4-7H2,1-3H3. The van der Waals surface area contributed by atoms with Crippen molar-refractivity contribution in [1.82, 2.24) is 10.6 Å². The molecule has 0 aromatic rings. The third kappa shape index (κ3) is 26.2. The Morgan fingerprint density at radius 1 is 0.810 bits per heavy atom. The highest BCUT2D eigenvalue weighted by atomic mass is 28.4. The van der Waals surface area contributed by atoms with E-state index < -0.39 is 34.8 Å². The van der Waals surface area contributed by atoms with Gasteiger partial charge in [0.25, 0.3) is 0 Å². The zero-order chi connectivity index (χ0) is 33.0. The second-order valence-electron chi connectivity index (χ2n) is 8.84. The second-order valence-corrected chi connectivity index (χ2v) is 16.0. The Kier molecular flexibility index (Phi) is 28.2. The number of amides is 2. The van der Waals surface area contributed by atoms with Gasteiger partial charge in [0.05, 0.1) is 13.1 Å². The Morgan fingerprint density at radius 3 is 1.71 bits per heavy atom. The summed E-state index contributed by atoms with van der Waals surface area (Å²) in [6.07, 6.45) is 3.04. The molecule has 0 fully saturated rings. The quantitative estimate of drug-likeness (QED) is 0.0349. The topological polar surface area (TPSA) is 203 Å². The van der Waals surface area contributed by atoms with E-state index in [1.54, 1.807) is 35.4 Å². The van der Waals surface area contributed by atoms with Gasteiger partial charge < -0.3 is 43.5 Å². The predicted molar refractivity (Wildman–Crippen MR) is 161 cm³/mol. The van der Waals surface area contributed by atoms with Gasteiger partial charge in [0.2, 0.25) is 11.9 Å². The highest BCUT2D eigenvalue weighted by Crippen LogP contribution is 2.13. The van der Waals surface area contributed by atoms with Gasteiger partial charge in [0, 0.05) is 47.5 Å². The number of ketones is 1. The first-order valence-electron chi connectivity index (χ1n) is 13.2. The molecule has 244 valence electrons. The predicted octanol–water partition coefficient (Wildman–Crippen LogP) is 1.31. The van der Waals surface area contributed by atoms with Crippen LogP contribution in [0.15, 0.2) is 17.1 Å². The number of carbonyl (C=O) groups is 4. The van der Waals surface area contributed by atoms with Gasteiger partial charge >= 0.3 is 35.1 Å². The Hall–Kier alpha value is -2.77. The zero-order valence-corrected chi connectivity index (χ0v) is 28.3. The van der Waals surface area contributed by atoms with Crippen LogP contribution < -0.4 is 16.4 Å². The first-order valence-corrected chi connectivity index (χ1v) is 18.2. The molecule has 15 nitrogen and oxygen atoms in total. The number of isocyanates is 1. The van der Waals surface area contributed by atoms with Crippen LogP contribution in [0.4, 0.5) is 4.79 Å². The van der Waals surface area contributed by atoms with Gasteiger partial charge in [-0.2, -0.15) is 0 Å². The molecule has 0 spiro atoms. The fourth-order valence-electron chi connectivity index (χ4n) is 2.43. The van der Waals surface area contributed by atoms with Gasteiger partial charge in [-0.1, -0.05) is 6.58 Å². The molecule has 4 N–H and O–H groups in total. The lowest BCUT2D eigenvalue weighted by atomic mass is 10.4. The summed E-state index contributed by atoms with van der Waals surface area (Å²) in [5, 5.41) is 5.31. The number of carbonyl (C=O) groups excluding carboxylic acids is 5. The molecule has 0 bridgehead atoms. The molecule has 0 aliphatic carbocycles. The minimum Gasteiger partial charge on any atom is -0.460 e. The van der Waals surface area contributed by atoms with Crippen LogP contribution in [0.2, 0.25) is 25.2 Å². The minimum absolute atomic E-state index is 0.0442. The van der Waals surface area contributed by atoms with Crippen LogP contribution >= 0.6 is 0 Å². The maximum Gasteiger partial charge on any atom is 0.374 e. The lowest BCUT2D eigenvalue weighted by Gasteiger charge is -2.22. The largest absolute Gasteiger partial charge is 0.460 e. The fourth-order valence-corrected chi connectivity index (χ4v) is 5.25. The van der Waals surface area contributed by atoms with E-state index in [4.69, 9.17) is 28.2 Å². The molecule has 0 unspecified atom stereocenters. The Morgan fingerprint density at radius 2 is 1.29 bits per heavy atom. The van der Waals surface area contributed by atoms with E-state index in [9.17, 15) is 24.0 Å². The summed E-state index contributed by atoms with van der Waals surface area (Å²) in [5.74, 6) is -2.04. The van der Waals surface area contributed by atoms with E-state index in [0.717, 1.165) is 38.4 Å². The van der Waals surface area contributed by atoms with E-state index >= 15 is 0 Å². The van der Waals surface area contributed by atoms with Gasteiger partial charge in [-0.05, 0) is 51.5 Å². The smallest absolute Gasteiger partial charge is 0.374 e. The molecule has 0 aromatic heterocycles. The van der Waals surface area contributed by atoms with Crippen molar-refractivity contribution in [2.45, 2.75) is 51.9 Å². The normalized spacial score (nSPS) is 10.4. The van der Waals surface area contributed by atoms with Crippen LogP contribution in [0.3, 0.4) is 0 Å². The molecule has 0 atom stereocenters. The second kappa shape index (κ2) is 27.1.